The molecule has 5 nitrogen and oxygen atoms in total. The van der Waals surface area contributed by atoms with Crippen LogP contribution in [0, 0.1) is 5.41 Å². The van der Waals surface area contributed by atoms with Crippen molar-refractivity contribution in [2.45, 2.75) is 19.3 Å². The quantitative estimate of drug-likeness (QED) is 0.813. The summed E-state index contributed by atoms with van der Waals surface area (Å²) in [6.45, 7) is 4.55. The van der Waals surface area contributed by atoms with Crippen molar-refractivity contribution in [2.75, 3.05) is 31.1 Å². The standard InChI is InChI=1S/C14H19N5/c1-3-14(4-6-15-8-14)9-19(7-1)13-11-2-5-16-12(11)17-10-18-13/h2,5,10,15H,1,3-4,6-9H2,(H,16,17,18). The van der Waals surface area contributed by atoms with Gasteiger partial charge in [0.15, 0.2) is 0 Å². The van der Waals surface area contributed by atoms with E-state index in [0.29, 0.717) is 5.41 Å². The van der Waals surface area contributed by atoms with Gasteiger partial charge in [-0.3, -0.25) is 0 Å². The first kappa shape index (κ1) is 11.2. The number of aromatic amines is 1. The van der Waals surface area contributed by atoms with Crippen LogP contribution in [0.25, 0.3) is 11.0 Å². The molecule has 2 aliphatic rings. The van der Waals surface area contributed by atoms with E-state index in [0.717, 1.165) is 43.0 Å². The van der Waals surface area contributed by atoms with Crippen LogP contribution in [-0.4, -0.2) is 41.1 Å². The first-order valence-corrected chi connectivity index (χ1v) is 7.10. The van der Waals surface area contributed by atoms with E-state index in [1.54, 1.807) is 6.33 Å². The zero-order chi connectivity index (χ0) is 12.7. The molecule has 1 unspecified atom stereocenters. The number of nitrogens with zero attached hydrogens (tertiary/aromatic N) is 3. The molecule has 0 amide bonds. The molecule has 0 saturated carbocycles. The molecule has 2 N–H and O–H groups in total. The van der Waals surface area contributed by atoms with Gasteiger partial charge >= 0.3 is 0 Å². The lowest BCUT2D eigenvalue weighted by Crippen LogP contribution is -2.44. The van der Waals surface area contributed by atoms with Gasteiger partial charge in [0.25, 0.3) is 0 Å². The van der Waals surface area contributed by atoms with E-state index in [-0.39, 0.29) is 0 Å². The predicted molar refractivity (Wildman–Crippen MR) is 75.3 cm³/mol. The third kappa shape index (κ3) is 1.80. The average Bonchev–Trinajstić information content (AvgIpc) is 3.07. The van der Waals surface area contributed by atoms with Crippen LogP contribution in [0.3, 0.4) is 0 Å². The number of piperidine rings is 1. The Hall–Kier alpha value is -1.62. The normalized spacial score (nSPS) is 27.5. The number of rotatable bonds is 1. The number of hydrogen-bond acceptors (Lipinski definition) is 4. The fourth-order valence-corrected chi connectivity index (χ4v) is 3.64. The molecule has 0 aliphatic carbocycles. The van der Waals surface area contributed by atoms with Gasteiger partial charge in [-0.1, -0.05) is 0 Å². The number of fused-ring (bicyclic) bond motifs is 1. The summed E-state index contributed by atoms with van der Waals surface area (Å²) in [4.78, 5) is 14.4. The number of nitrogens with one attached hydrogen (secondary N) is 2. The van der Waals surface area contributed by atoms with Crippen molar-refractivity contribution in [1.29, 1.82) is 0 Å². The van der Waals surface area contributed by atoms with Gasteiger partial charge in [0.1, 0.15) is 17.8 Å². The highest BCUT2D eigenvalue weighted by atomic mass is 15.2. The van der Waals surface area contributed by atoms with E-state index >= 15 is 0 Å². The first-order valence-electron chi connectivity index (χ1n) is 7.10. The average molecular weight is 257 g/mol. The van der Waals surface area contributed by atoms with E-state index in [1.807, 2.05) is 6.20 Å². The second-order valence-electron chi connectivity index (χ2n) is 5.89. The summed E-state index contributed by atoms with van der Waals surface area (Å²) in [5.41, 5.74) is 1.40. The maximum Gasteiger partial charge on any atom is 0.142 e. The summed E-state index contributed by atoms with van der Waals surface area (Å²) in [6.07, 6.45) is 7.52. The lowest BCUT2D eigenvalue weighted by atomic mass is 9.79. The molecule has 0 bridgehead atoms. The van der Waals surface area contributed by atoms with Gasteiger partial charge in [-0.05, 0) is 31.9 Å². The summed E-state index contributed by atoms with van der Waals surface area (Å²) < 4.78 is 0. The Kier molecular flexibility index (Phi) is 2.48. The highest BCUT2D eigenvalue weighted by Gasteiger charge is 2.38. The van der Waals surface area contributed by atoms with Gasteiger partial charge in [-0.2, -0.15) is 0 Å². The van der Waals surface area contributed by atoms with E-state index in [2.05, 4.69) is 31.2 Å². The third-order valence-corrected chi connectivity index (χ3v) is 4.63. The Balaban J connectivity index is 1.70. The minimum absolute atomic E-state index is 0.464. The first-order chi connectivity index (χ1) is 9.36. The second kappa shape index (κ2) is 4.20. The molecule has 1 atom stereocenters. The van der Waals surface area contributed by atoms with Crippen LogP contribution >= 0.6 is 0 Å². The van der Waals surface area contributed by atoms with Gasteiger partial charge in [-0.15, -0.1) is 0 Å². The largest absolute Gasteiger partial charge is 0.355 e. The number of H-pyrrole nitrogens is 1. The van der Waals surface area contributed by atoms with Crippen molar-refractivity contribution in [3.8, 4) is 0 Å². The monoisotopic (exact) mass is 257 g/mol. The van der Waals surface area contributed by atoms with Gasteiger partial charge in [-0.25, -0.2) is 9.97 Å². The lowest BCUT2D eigenvalue weighted by Gasteiger charge is -2.40. The maximum atomic E-state index is 4.53. The van der Waals surface area contributed by atoms with Gasteiger partial charge in [0.2, 0.25) is 0 Å². The molecular formula is C14H19N5. The minimum Gasteiger partial charge on any atom is -0.355 e. The summed E-state index contributed by atoms with van der Waals surface area (Å²) in [5, 5.41) is 4.67. The molecule has 100 valence electrons. The van der Waals surface area contributed by atoms with E-state index in [9.17, 15) is 0 Å². The van der Waals surface area contributed by atoms with Crippen LogP contribution < -0.4 is 10.2 Å². The summed E-state index contributed by atoms with van der Waals surface area (Å²) >= 11 is 0. The molecule has 4 heterocycles. The predicted octanol–water partition coefficient (Wildman–Crippen LogP) is 1.54. The van der Waals surface area contributed by atoms with Crippen LogP contribution in [0.15, 0.2) is 18.6 Å². The van der Waals surface area contributed by atoms with Crippen LogP contribution in [0.2, 0.25) is 0 Å². The Morgan fingerprint density at radius 3 is 3.16 bits per heavy atom. The molecule has 2 aromatic heterocycles. The summed E-state index contributed by atoms with van der Waals surface area (Å²) in [7, 11) is 0. The molecule has 1 spiro atoms. The summed E-state index contributed by atoms with van der Waals surface area (Å²) in [6, 6.07) is 2.08. The van der Waals surface area contributed by atoms with Gasteiger partial charge < -0.3 is 15.2 Å². The van der Waals surface area contributed by atoms with Crippen molar-refractivity contribution in [3.05, 3.63) is 18.6 Å². The van der Waals surface area contributed by atoms with Crippen LogP contribution in [0.5, 0.6) is 0 Å². The van der Waals surface area contributed by atoms with Crippen molar-refractivity contribution in [2.24, 2.45) is 5.41 Å². The van der Waals surface area contributed by atoms with Crippen LogP contribution in [-0.2, 0) is 0 Å². The molecule has 5 heteroatoms. The lowest BCUT2D eigenvalue weighted by molar-refractivity contribution is 0.260. The Labute approximate surface area is 112 Å². The zero-order valence-corrected chi connectivity index (χ0v) is 11.0. The maximum absolute atomic E-state index is 4.53. The van der Waals surface area contributed by atoms with E-state index in [1.165, 1.54) is 19.3 Å². The van der Waals surface area contributed by atoms with Crippen molar-refractivity contribution in [3.63, 3.8) is 0 Å². The molecule has 2 fully saturated rings. The highest BCUT2D eigenvalue weighted by Crippen LogP contribution is 2.37. The molecular weight excluding hydrogens is 238 g/mol. The van der Waals surface area contributed by atoms with Gasteiger partial charge in [0, 0.05) is 31.2 Å². The van der Waals surface area contributed by atoms with E-state index < -0.39 is 0 Å². The Morgan fingerprint density at radius 1 is 1.26 bits per heavy atom. The molecule has 0 radical (unpaired) electrons. The van der Waals surface area contributed by atoms with E-state index in [4.69, 9.17) is 0 Å². The number of aromatic nitrogens is 3. The highest BCUT2D eigenvalue weighted by molar-refractivity contribution is 5.87. The topological polar surface area (TPSA) is 56.8 Å². The summed E-state index contributed by atoms with van der Waals surface area (Å²) in [5.74, 6) is 1.09. The Morgan fingerprint density at radius 2 is 2.26 bits per heavy atom. The number of anilines is 1. The van der Waals surface area contributed by atoms with Gasteiger partial charge in [0.05, 0.1) is 5.39 Å². The zero-order valence-electron chi connectivity index (χ0n) is 11.0. The second-order valence-corrected chi connectivity index (χ2v) is 5.89. The SMILES string of the molecule is c1nc(N2CCCC3(CCNC3)C2)c2cc[nH]c2n1. The molecule has 4 rings (SSSR count). The van der Waals surface area contributed by atoms with Crippen molar-refractivity contribution < 1.29 is 0 Å². The molecule has 2 aliphatic heterocycles. The molecule has 19 heavy (non-hydrogen) atoms. The van der Waals surface area contributed by atoms with Crippen molar-refractivity contribution in [1.82, 2.24) is 20.3 Å². The fraction of sp³-hybridized carbons (Fsp3) is 0.571. The molecule has 2 aromatic rings. The van der Waals surface area contributed by atoms with Crippen LogP contribution in [0.1, 0.15) is 19.3 Å². The molecule has 0 aromatic carbocycles. The third-order valence-electron chi connectivity index (χ3n) is 4.63. The van der Waals surface area contributed by atoms with Crippen molar-refractivity contribution >= 4 is 16.9 Å². The smallest absolute Gasteiger partial charge is 0.142 e. The van der Waals surface area contributed by atoms with Crippen LogP contribution in [0.4, 0.5) is 5.82 Å². The Bertz CT molecular complexity index is 584. The number of hydrogen-bond donors (Lipinski definition) is 2. The fourth-order valence-electron chi connectivity index (χ4n) is 3.64. The minimum atomic E-state index is 0.464. The molecule has 2 saturated heterocycles.